The third-order valence-electron chi connectivity index (χ3n) is 6.67. The molecule has 0 spiro atoms. The number of aromatic nitrogens is 2. The number of ether oxygens (including phenoxy) is 1. The molecule has 38 heavy (non-hydrogen) atoms. The normalized spacial score (nSPS) is 15.7. The van der Waals surface area contributed by atoms with Crippen molar-refractivity contribution in [2.45, 2.75) is 45.3 Å². The Hall–Kier alpha value is -2.95. The number of likely N-dealkylation sites (N-methyl/N-ethyl adjacent to an activating group) is 1. The highest BCUT2D eigenvalue weighted by molar-refractivity contribution is 9.10. The van der Waals surface area contributed by atoms with Crippen molar-refractivity contribution in [1.29, 1.82) is 0 Å². The number of rotatable bonds is 9. The monoisotopic (exact) mass is 586 g/mol. The molecule has 1 atom stereocenters. The number of benzene rings is 2. The van der Waals surface area contributed by atoms with Crippen LogP contribution in [0.1, 0.15) is 37.8 Å². The largest absolute Gasteiger partial charge is 0.495 e. The molecule has 0 bridgehead atoms. The zero-order valence-corrected chi connectivity index (χ0v) is 24.4. The lowest BCUT2D eigenvalue weighted by atomic mass is 9.96. The van der Waals surface area contributed by atoms with Crippen LogP contribution in [0.25, 0.3) is 0 Å². The first kappa shape index (κ1) is 28.1. The minimum atomic E-state index is -1.17. The van der Waals surface area contributed by atoms with E-state index < -0.39 is 11.4 Å². The average Bonchev–Trinajstić information content (AvgIpc) is 3.28. The smallest absolute Gasteiger partial charge is 0.229 e. The number of hydrogen-bond donors (Lipinski definition) is 3. The van der Waals surface area contributed by atoms with Gasteiger partial charge in [-0.2, -0.15) is 4.98 Å². The summed E-state index contributed by atoms with van der Waals surface area (Å²) in [6.07, 6.45) is 3.94. The van der Waals surface area contributed by atoms with E-state index in [1.807, 2.05) is 13.0 Å². The molecule has 3 N–H and O–H groups in total. The van der Waals surface area contributed by atoms with Crippen molar-refractivity contribution in [3.05, 3.63) is 57.9 Å². The maximum absolute atomic E-state index is 14.1. The van der Waals surface area contributed by atoms with Crippen LogP contribution >= 0.6 is 15.9 Å². The van der Waals surface area contributed by atoms with Crippen LogP contribution in [-0.4, -0.2) is 60.3 Å². The molecule has 8 nitrogen and oxygen atoms in total. The standard InChI is InChI=1S/C28H36BrFN6O2/c1-17-12-24(36-11-7-8-19(36)16-35(4)5)25(38-6)14-22(17)33-27-31-15-21(29)26(34-27)32-23-13-18(30)9-10-20(23)28(2,3)37/h9-10,12-15,19,37H,7-8,11,16H2,1-6H3,(H2,31,32,33,34)/t19-/m1/s1. The molecule has 4 rings (SSSR count). The number of hydrogen-bond acceptors (Lipinski definition) is 8. The predicted octanol–water partition coefficient (Wildman–Crippen LogP) is 5.94. The Bertz CT molecular complexity index is 1300. The van der Waals surface area contributed by atoms with Crippen LogP contribution in [0.3, 0.4) is 0 Å². The predicted molar refractivity (Wildman–Crippen MR) is 155 cm³/mol. The molecule has 0 aliphatic carbocycles. The van der Waals surface area contributed by atoms with E-state index in [0.717, 1.165) is 48.6 Å². The summed E-state index contributed by atoms with van der Waals surface area (Å²) in [4.78, 5) is 13.7. The first-order chi connectivity index (χ1) is 18.0. The summed E-state index contributed by atoms with van der Waals surface area (Å²) < 4.78 is 20.5. The highest BCUT2D eigenvalue weighted by Crippen LogP contribution is 2.39. The van der Waals surface area contributed by atoms with Gasteiger partial charge in [-0.05, 0) is 87.4 Å². The Labute approximate surface area is 232 Å². The van der Waals surface area contributed by atoms with Crippen molar-refractivity contribution in [3.8, 4) is 5.75 Å². The minimum Gasteiger partial charge on any atom is -0.495 e. The second-order valence-corrected chi connectivity index (χ2v) is 11.3. The molecule has 1 saturated heterocycles. The fourth-order valence-electron chi connectivity index (χ4n) is 4.88. The zero-order valence-electron chi connectivity index (χ0n) is 22.8. The van der Waals surface area contributed by atoms with Crippen LogP contribution in [0.5, 0.6) is 5.75 Å². The molecular formula is C28H36BrFN6O2. The molecule has 0 saturated carbocycles. The first-order valence-electron chi connectivity index (χ1n) is 12.6. The fourth-order valence-corrected chi connectivity index (χ4v) is 5.17. The lowest BCUT2D eigenvalue weighted by molar-refractivity contribution is 0.0793. The number of anilines is 5. The summed E-state index contributed by atoms with van der Waals surface area (Å²) >= 11 is 3.47. The minimum absolute atomic E-state index is 0.362. The summed E-state index contributed by atoms with van der Waals surface area (Å²) in [5, 5.41) is 17.0. The van der Waals surface area contributed by atoms with Gasteiger partial charge in [0.25, 0.3) is 0 Å². The quantitative estimate of drug-likeness (QED) is 0.284. The molecule has 1 aliphatic heterocycles. The Morgan fingerprint density at radius 2 is 1.97 bits per heavy atom. The van der Waals surface area contributed by atoms with Crippen molar-refractivity contribution in [2.24, 2.45) is 0 Å². The van der Waals surface area contributed by atoms with Crippen LogP contribution in [0.15, 0.2) is 41.0 Å². The van der Waals surface area contributed by atoms with E-state index >= 15 is 0 Å². The summed E-state index contributed by atoms with van der Waals surface area (Å²) in [6, 6.07) is 8.79. The first-order valence-corrected chi connectivity index (χ1v) is 13.4. The maximum Gasteiger partial charge on any atom is 0.229 e. The summed E-state index contributed by atoms with van der Waals surface area (Å²) in [5.74, 6) is 1.16. The molecule has 3 aromatic rings. The van der Waals surface area contributed by atoms with Gasteiger partial charge in [0.05, 0.1) is 22.9 Å². The van der Waals surface area contributed by atoms with Gasteiger partial charge in [0.1, 0.15) is 17.4 Å². The van der Waals surface area contributed by atoms with Crippen LogP contribution in [0.4, 0.5) is 33.2 Å². The summed E-state index contributed by atoms with van der Waals surface area (Å²) in [7, 11) is 5.90. The summed E-state index contributed by atoms with van der Waals surface area (Å²) in [5.41, 5.74) is 2.74. The molecule has 2 aromatic carbocycles. The molecular weight excluding hydrogens is 551 g/mol. The van der Waals surface area contributed by atoms with Crippen molar-refractivity contribution < 1.29 is 14.2 Å². The van der Waals surface area contributed by atoms with Gasteiger partial charge < -0.3 is 30.3 Å². The van der Waals surface area contributed by atoms with E-state index in [2.05, 4.69) is 66.5 Å². The van der Waals surface area contributed by atoms with Crippen molar-refractivity contribution >= 4 is 44.8 Å². The van der Waals surface area contributed by atoms with Gasteiger partial charge in [0.15, 0.2) is 0 Å². The highest BCUT2D eigenvalue weighted by Gasteiger charge is 2.28. The van der Waals surface area contributed by atoms with Gasteiger partial charge in [0.2, 0.25) is 5.95 Å². The molecule has 204 valence electrons. The van der Waals surface area contributed by atoms with Crippen molar-refractivity contribution in [1.82, 2.24) is 14.9 Å². The number of methoxy groups -OCH3 is 1. The highest BCUT2D eigenvalue weighted by atomic mass is 79.9. The molecule has 1 aliphatic rings. The van der Waals surface area contributed by atoms with E-state index in [0.29, 0.717) is 33.5 Å². The van der Waals surface area contributed by atoms with Gasteiger partial charge in [-0.3, -0.25) is 0 Å². The molecule has 0 amide bonds. The molecule has 1 aromatic heterocycles. The van der Waals surface area contributed by atoms with E-state index in [9.17, 15) is 9.50 Å². The van der Waals surface area contributed by atoms with Gasteiger partial charge in [-0.15, -0.1) is 0 Å². The third kappa shape index (κ3) is 6.36. The lowest BCUT2D eigenvalue weighted by Crippen LogP contribution is -2.37. The molecule has 0 unspecified atom stereocenters. The molecule has 1 fully saturated rings. The maximum atomic E-state index is 14.1. The van der Waals surface area contributed by atoms with Crippen LogP contribution in [-0.2, 0) is 5.60 Å². The van der Waals surface area contributed by atoms with Gasteiger partial charge >= 0.3 is 0 Å². The number of aliphatic hydroxyl groups is 1. The molecule has 10 heteroatoms. The Morgan fingerprint density at radius 3 is 2.66 bits per heavy atom. The Morgan fingerprint density at radius 1 is 1.21 bits per heavy atom. The van der Waals surface area contributed by atoms with Crippen LogP contribution < -0.4 is 20.3 Å². The van der Waals surface area contributed by atoms with Crippen molar-refractivity contribution in [2.75, 3.05) is 49.8 Å². The van der Waals surface area contributed by atoms with Crippen LogP contribution in [0.2, 0.25) is 0 Å². The zero-order chi connectivity index (χ0) is 27.6. The number of aryl methyl sites for hydroxylation is 1. The van der Waals surface area contributed by atoms with Crippen molar-refractivity contribution in [3.63, 3.8) is 0 Å². The van der Waals surface area contributed by atoms with Gasteiger partial charge in [-0.1, -0.05) is 6.07 Å². The van der Waals surface area contributed by atoms with E-state index in [1.54, 1.807) is 33.2 Å². The second-order valence-electron chi connectivity index (χ2n) is 10.5. The molecule has 2 heterocycles. The summed E-state index contributed by atoms with van der Waals surface area (Å²) in [6.45, 7) is 7.34. The average molecular weight is 588 g/mol. The number of nitrogens with zero attached hydrogens (tertiary/aromatic N) is 4. The Kier molecular flexibility index (Phi) is 8.44. The number of halogens is 2. The third-order valence-corrected chi connectivity index (χ3v) is 7.25. The van der Waals surface area contributed by atoms with Crippen LogP contribution in [0, 0.1) is 12.7 Å². The topological polar surface area (TPSA) is 85.8 Å². The second kappa shape index (κ2) is 11.4. The van der Waals surface area contributed by atoms with E-state index in [4.69, 9.17) is 4.74 Å². The van der Waals surface area contributed by atoms with Gasteiger partial charge in [0, 0.05) is 48.3 Å². The number of nitrogens with one attached hydrogen (secondary N) is 2. The fraction of sp³-hybridized carbons (Fsp3) is 0.429. The van der Waals surface area contributed by atoms with E-state index in [1.165, 1.54) is 12.1 Å². The van der Waals surface area contributed by atoms with Gasteiger partial charge in [-0.25, -0.2) is 9.37 Å². The Balaban J connectivity index is 1.62. The SMILES string of the molecule is COc1cc(Nc2ncc(Br)c(Nc3cc(F)ccc3C(C)(C)O)n2)c(C)cc1N1CCC[C@@H]1CN(C)C. The lowest BCUT2D eigenvalue weighted by Gasteiger charge is -2.31. The molecule has 0 radical (unpaired) electrons. The van der Waals surface area contributed by atoms with E-state index in [-0.39, 0.29) is 0 Å².